The fourth-order valence-corrected chi connectivity index (χ4v) is 1.63. The molecule has 0 saturated carbocycles. The Bertz CT molecular complexity index is 424. The van der Waals surface area contributed by atoms with Crippen LogP contribution in [0.5, 0.6) is 0 Å². The van der Waals surface area contributed by atoms with Gasteiger partial charge in [-0.1, -0.05) is 11.6 Å². The summed E-state index contributed by atoms with van der Waals surface area (Å²) in [7, 11) is 5.39. The molecule has 2 N–H and O–H groups in total. The number of benzene rings is 1. The number of urea groups is 1. The highest BCUT2D eigenvalue weighted by Gasteiger charge is 2.12. The van der Waals surface area contributed by atoms with Crippen LogP contribution in [0, 0.1) is 0 Å². The Hall–Kier alpha value is -1.46. The highest BCUT2D eigenvalue weighted by atomic mass is 35.5. The fraction of sp³-hybridized carbons (Fsp3) is 0.417. The first-order chi connectivity index (χ1) is 8.45. The van der Waals surface area contributed by atoms with Gasteiger partial charge in [-0.15, -0.1) is 0 Å². The van der Waals surface area contributed by atoms with E-state index in [2.05, 4.69) is 5.32 Å². The van der Waals surface area contributed by atoms with Crippen molar-refractivity contribution in [3.63, 3.8) is 0 Å². The number of nitrogens with one attached hydrogen (secondary N) is 1. The number of rotatable bonds is 4. The number of carbonyl (C=O) groups is 1. The predicted molar refractivity (Wildman–Crippen MR) is 74.5 cm³/mol. The van der Waals surface area contributed by atoms with Gasteiger partial charge in [0.15, 0.2) is 0 Å². The molecule has 18 heavy (non-hydrogen) atoms. The molecule has 2 amide bonds. The summed E-state index contributed by atoms with van der Waals surface area (Å²) >= 11 is 5.92. The zero-order chi connectivity index (χ0) is 13.7. The lowest BCUT2D eigenvalue weighted by Gasteiger charge is -2.21. The standard InChI is InChI=1S/C12H18ClN3O2/c1-15(2)11-5-4-9(13)8-10(11)14-12(18)16(3)6-7-17/h4-5,8,17H,6-7H2,1-3H3,(H,14,18). The maximum Gasteiger partial charge on any atom is 0.321 e. The number of amides is 2. The Morgan fingerprint density at radius 2 is 2.06 bits per heavy atom. The summed E-state index contributed by atoms with van der Waals surface area (Å²) in [4.78, 5) is 15.1. The summed E-state index contributed by atoms with van der Waals surface area (Å²) in [5.74, 6) is 0. The van der Waals surface area contributed by atoms with Crippen LogP contribution in [-0.2, 0) is 0 Å². The van der Waals surface area contributed by atoms with Crippen LogP contribution in [0.1, 0.15) is 0 Å². The lowest BCUT2D eigenvalue weighted by Crippen LogP contribution is -2.33. The van der Waals surface area contributed by atoms with E-state index < -0.39 is 0 Å². The molecule has 0 aliphatic carbocycles. The van der Waals surface area contributed by atoms with Crippen LogP contribution in [0.4, 0.5) is 16.2 Å². The number of anilines is 2. The van der Waals surface area contributed by atoms with E-state index in [1.165, 1.54) is 4.90 Å². The van der Waals surface area contributed by atoms with Gasteiger partial charge in [-0.25, -0.2) is 4.79 Å². The minimum Gasteiger partial charge on any atom is -0.395 e. The largest absolute Gasteiger partial charge is 0.395 e. The molecule has 0 fully saturated rings. The average molecular weight is 272 g/mol. The Balaban J connectivity index is 2.89. The third kappa shape index (κ3) is 3.78. The number of nitrogens with zero attached hydrogens (tertiary/aromatic N) is 2. The molecule has 0 heterocycles. The lowest BCUT2D eigenvalue weighted by atomic mass is 10.2. The smallest absolute Gasteiger partial charge is 0.321 e. The van der Waals surface area contributed by atoms with Crippen molar-refractivity contribution in [2.45, 2.75) is 0 Å². The molecule has 0 radical (unpaired) electrons. The Kier molecular flexibility index (Phi) is 5.25. The summed E-state index contributed by atoms with van der Waals surface area (Å²) in [6.07, 6.45) is 0. The van der Waals surface area contributed by atoms with Crippen LogP contribution in [-0.4, -0.2) is 50.3 Å². The molecular formula is C12H18ClN3O2. The number of hydrogen-bond donors (Lipinski definition) is 2. The maximum absolute atomic E-state index is 11.8. The van der Waals surface area contributed by atoms with Crippen molar-refractivity contribution in [2.75, 3.05) is 44.5 Å². The summed E-state index contributed by atoms with van der Waals surface area (Å²) in [6.45, 7) is 0.212. The topological polar surface area (TPSA) is 55.8 Å². The third-order valence-electron chi connectivity index (χ3n) is 2.46. The van der Waals surface area contributed by atoms with Gasteiger partial charge in [-0.2, -0.15) is 0 Å². The number of carbonyl (C=O) groups excluding carboxylic acids is 1. The second kappa shape index (κ2) is 6.47. The summed E-state index contributed by atoms with van der Waals surface area (Å²) in [6, 6.07) is 5.02. The predicted octanol–water partition coefficient (Wildman–Crippen LogP) is 1.86. The highest BCUT2D eigenvalue weighted by molar-refractivity contribution is 6.31. The van der Waals surface area contributed by atoms with Gasteiger partial charge in [0.1, 0.15) is 0 Å². The quantitative estimate of drug-likeness (QED) is 0.879. The molecule has 0 unspecified atom stereocenters. The monoisotopic (exact) mass is 271 g/mol. The van der Waals surface area contributed by atoms with Crippen LogP contribution >= 0.6 is 11.6 Å². The molecule has 1 aromatic rings. The third-order valence-corrected chi connectivity index (χ3v) is 2.70. The Morgan fingerprint density at radius 1 is 1.39 bits per heavy atom. The van der Waals surface area contributed by atoms with Crippen LogP contribution < -0.4 is 10.2 Å². The molecule has 0 saturated heterocycles. The van der Waals surface area contributed by atoms with E-state index in [1.807, 2.05) is 25.1 Å². The van der Waals surface area contributed by atoms with Crippen LogP contribution in [0.25, 0.3) is 0 Å². The molecule has 0 bridgehead atoms. The summed E-state index contributed by atoms with van der Waals surface area (Å²) in [5.41, 5.74) is 1.51. The number of halogens is 1. The first-order valence-electron chi connectivity index (χ1n) is 5.55. The molecule has 0 atom stereocenters. The van der Waals surface area contributed by atoms with Crippen molar-refractivity contribution in [1.29, 1.82) is 0 Å². The minimum absolute atomic E-state index is 0.0694. The van der Waals surface area contributed by atoms with Crippen LogP contribution in [0.3, 0.4) is 0 Å². The molecule has 0 aromatic heterocycles. The Morgan fingerprint density at radius 3 is 2.61 bits per heavy atom. The molecular weight excluding hydrogens is 254 g/mol. The lowest BCUT2D eigenvalue weighted by molar-refractivity contribution is 0.202. The molecule has 1 rings (SSSR count). The second-order valence-corrected chi connectivity index (χ2v) is 4.57. The van der Waals surface area contributed by atoms with Gasteiger partial charge >= 0.3 is 6.03 Å². The first kappa shape index (κ1) is 14.6. The van der Waals surface area contributed by atoms with Gasteiger partial charge < -0.3 is 20.2 Å². The van der Waals surface area contributed by atoms with Gasteiger partial charge in [-0.05, 0) is 18.2 Å². The zero-order valence-corrected chi connectivity index (χ0v) is 11.5. The van der Waals surface area contributed by atoms with Gasteiger partial charge in [0, 0.05) is 32.7 Å². The molecule has 5 nitrogen and oxygen atoms in total. The second-order valence-electron chi connectivity index (χ2n) is 4.13. The van der Waals surface area contributed by atoms with Crippen molar-refractivity contribution in [2.24, 2.45) is 0 Å². The summed E-state index contributed by atoms with van der Waals surface area (Å²) < 4.78 is 0. The first-order valence-corrected chi connectivity index (χ1v) is 5.93. The SMILES string of the molecule is CN(CCO)C(=O)Nc1cc(Cl)ccc1N(C)C. The molecule has 6 heteroatoms. The number of hydrogen-bond acceptors (Lipinski definition) is 3. The normalized spacial score (nSPS) is 10.1. The number of aliphatic hydroxyl groups excluding tert-OH is 1. The Labute approximate surface area is 112 Å². The van der Waals surface area contributed by atoms with E-state index in [4.69, 9.17) is 16.7 Å². The van der Waals surface area contributed by atoms with Crippen LogP contribution in [0.2, 0.25) is 5.02 Å². The van der Waals surface area contributed by atoms with Crippen molar-refractivity contribution in [3.05, 3.63) is 23.2 Å². The molecule has 0 spiro atoms. The van der Waals surface area contributed by atoms with Crippen molar-refractivity contribution in [3.8, 4) is 0 Å². The van der Waals surface area contributed by atoms with E-state index in [0.29, 0.717) is 10.7 Å². The van der Waals surface area contributed by atoms with E-state index in [9.17, 15) is 4.79 Å². The van der Waals surface area contributed by atoms with E-state index in [1.54, 1.807) is 19.2 Å². The maximum atomic E-state index is 11.8. The van der Waals surface area contributed by atoms with Crippen LogP contribution in [0.15, 0.2) is 18.2 Å². The van der Waals surface area contributed by atoms with E-state index >= 15 is 0 Å². The van der Waals surface area contributed by atoms with Gasteiger partial charge in [0.05, 0.1) is 18.0 Å². The fourth-order valence-electron chi connectivity index (χ4n) is 1.46. The van der Waals surface area contributed by atoms with Gasteiger partial charge in [0.2, 0.25) is 0 Å². The number of aliphatic hydroxyl groups is 1. The number of likely N-dealkylation sites (N-methyl/N-ethyl adjacent to an activating group) is 1. The molecule has 1 aromatic carbocycles. The van der Waals surface area contributed by atoms with Crippen molar-refractivity contribution in [1.82, 2.24) is 4.90 Å². The average Bonchev–Trinajstić information content (AvgIpc) is 2.28. The molecule has 100 valence electrons. The van der Waals surface area contributed by atoms with E-state index in [0.717, 1.165) is 5.69 Å². The molecule has 0 aliphatic heterocycles. The van der Waals surface area contributed by atoms with Gasteiger partial charge in [-0.3, -0.25) is 0 Å². The molecule has 0 aliphatic rings. The highest BCUT2D eigenvalue weighted by Crippen LogP contribution is 2.27. The van der Waals surface area contributed by atoms with Crippen molar-refractivity contribution >= 4 is 29.0 Å². The summed E-state index contributed by atoms with van der Waals surface area (Å²) in [5, 5.41) is 12.1. The van der Waals surface area contributed by atoms with Crippen molar-refractivity contribution < 1.29 is 9.90 Å². The minimum atomic E-state index is -0.283. The van der Waals surface area contributed by atoms with E-state index in [-0.39, 0.29) is 19.2 Å². The van der Waals surface area contributed by atoms with Gasteiger partial charge in [0.25, 0.3) is 0 Å². The zero-order valence-electron chi connectivity index (χ0n) is 10.8.